The van der Waals surface area contributed by atoms with E-state index in [-0.39, 0.29) is 11.8 Å². The summed E-state index contributed by atoms with van der Waals surface area (Å²) in [6.07, 6.45) is 16.3. The highest BCUT2D eigenvalue weighted by Gasteiger charge is 2.09. The van der Waals surface area contributed by atoms with Gasteiger partial charge in [0.15, 0.2) is 0 Å². The summed E-state index contributed by atoms with van der Waals surface area (Å²) in [7, 11) is 0. The van der Waals surface area contributed by atoms with Crippen LogP contribution in [-0.4, -0.2) is 34.7 Å². The molecule has 38 heavy (non-hydrogen) atoms. The lowest BCUT2D eigenvalue weighted by Gasteiger charge is -2.07. The van der Waals surface area contributed by atoms with E-state index >= 15 is 0 Å². The molecule has 1 heterocycles. The van der Waals surface area contributed by atoms with E-state index in [1.807, 2.05) is 30.3 Å². The van der Waals surface area contributed by atoms with Crippen molar-refractivity contribution in [3.8, 4) is 28.7 Å². The Hall–Kier alpha value is -3.35. The zero-order valence-corrected chi connectivity index (χ0v) is 23.0. The van der Waals surface area contributed by atoms with E-state index < -0.39 is 0 Å². The largest absolute Gasteiger partial charge is 0.507 e. The van der Waals surface area contributed by atoms with Gasteiger partial charge in [-0.15, -0.1) is 5.10 Å². The Labute approximate surface area is 227 Å². The number of nitrogens with zero attached hydrogens (tertiary/aromatic N) is 3. The number of aromatic nitrogens is 2. The molecule has 0 saturated heterocycles. The highest BCUT2D eigenvalue weighted by Crippen LogP contribution is 2.26. The van der Waals surface area contributed by atoms with Gasteiger partial charge in [0.05, 0.1) is 13.2 Å². The van der Waals surface area contributed by atoms with Gasteiger partial charge in [0.1, 0.15) is 17.2 Å². The molecular weight excluding hydrogens is 478 g/mol. The predicted molar refractivity (Wildman–Crippen MR) is 153 cm³/mol. The average Bonchev–Trinajstić information content (AvgIpc) is 3.41. The number of aromatic hydroxyl groups is 1. The maximum absolute atomic E-state index is 10.3. The van der Waals surface area contributed by atoms with Crippen molar-refractivity contribution in [1.82, 2.24) is 10.2 Å². The molecule has 0 saturated carbocycles. The van der Waals surface area contributed by atoms with Crippen LogP contribution in [0.15, 0.2) is 51.9 Å². The van der Waals surface area contributed by atoms with E-state index in [1.165, 1.54) is 64.0 Å². The first-order chi connectivity index (χ1) is 18.7. The standard InChI is InChI=1S/C31H43N3O4/c1-3-5-7-9-10-11-12-14-21-36-27-18-15-25(16-19-27)30-33-34-31(38-30)32-24-26-17-20-28(23-29(26)35)37-22-13-8-6-4-2/h15-20,23-24,35H,3-14,21-22H2,1-2H3/b32-24+. The highest BCUT2D eigenvalue weighted by molar-refractivity contribution is 5.85. The van der Waals surface area contributed by atoms with E-state index in [1.54, 1.807) is 12.1 Å². The van der Waals surface area contributed by atoms with Crippen LogP contribution in [-0.2, 0) is 0 Å². The third-order valence-electron chi connectivity index (χ3n) is 6.36. The fourth-order valence-corrected chi connectivity index (χ4v) is 4.07. The van der Waals surface area contributed by atoms with Crippen molar-refractivity contribution in [2.24, 2.45) is 4.99 Å². The van der Waals surface area contributed by atoms with Crippen molar-refractivity contribution in [2.45, 2.75) is 90.9 Å². The number of aliphatic imine (C=N–C) groups is 1. The number of hydrogen-bond acceptors (Lipinski definition) is 7. The van der Waals surface area contributed by atoms with Gasteiger partial charge in [0.25, 0.3) is 0 Å². The molecule has 1 aromatic heterocycles. The molecule has 7 heteroatoms. The van der Waals surface area contributed by atoms with Crippen LogP contribution in [0.1, 0.15) is 96.5 Å². The average molecular weight is 522 g/mol. The van der Waals surface area contributed by atoms with Crippen LogP contribution in [0.5, 0.6) is 17.2 Å². The zero-order valence-electron chi connectivity index (χ0n) is 23.0. The van der Waals surface area contributed by atoms with Crippen LogP contribution in [0, 0.1) is 0 Å². The summed E-state index contributed by atoms with van der Waals surface area (Å²) >= 11 is 0. The monoisotopic (exact) mass is 521 g/mol. The second-order valence-corrected chi connectivity index (χ2v) is 9.63. The van der Waals surface area contributed by atoms with Crippen LogP contribution in [0.4, 0.5) is 6.01 Å². The fourth-order valence-electron chi connectivity index (χ4n) is 4.07. The Kier molecular flexibility index (Phi) is 13.2. The van der Waals surface area contributed by atoms with Crippen molar-refractivity contribution < 1.29 is 19.0 Å². The molecule has 206 valence electrons. The number of hydrogen-bond donors (Lipinski definition) is 1. The lowest BCUT2D eigenvalue weighted by Crippen LogP contribution is -1.97. The molecule has 7 nitrogen and oxygen atoms in total. The Morgan fingerprint density at radius 3 is 1.97 bits per heavy atom. The summed E-state index contributed by atoms with van der Waals surface area (Å²) in [5.74, 6) is 1.93. The van der Waals surface area contributed by atoms with Crippen molar-refractivity contribution in [2.75, 3.05) is 13.2 Å². The number of ether oxygens (including phenoxy) is 2. The summed E-state index contributed by atoms with van der Waals surface area (Å²) in [4.78, 5) is 4.22. The minimum absolute atomic E-state index is 0.0853. The van der Waals surface area contributed by atoms with Gasteiger partial charge in [-0.3, -0.25) is 0 Å². The molecule has 0 aliphatic heterocycles. The molecule has 0 spiro atoms. The van der Waals surface area contributed by atoms with E-state index in [2.05, 4.69) is 29.0 Å². The third kappa shape index (κ3) is 10.6. The maximum atomic E-state index is 10.3. The van der Waals surface area contributed by atoms with Gasteiger partial charge >= 0.3 is 6.01 Å². The van der Waals surface area contributed by atoms with Gasteiger partial charge in [-0.05, 0) is 49.2 Å². The van der Waals surface area contributed by atoms with Crippen LogP contribution in [0.25, 0.3) is 11.5 Å². The van der Waals surface area contributed by atoms with Gasteiger partial charge in [0, 0.05) is 23.4 Å². The second-order valence-electron chi connectivity index (χ2n) is 9.63. The van der Waals surface area contributed by atoms with Crippen molar-refractivity contribution in [3.05, 3.63) is 48.0 Å². The van der Waals surface area contributed by atoms with E-state index in [9.17, 15) is 5.11 Å². The van der Waals surface area contributed by atoms with Gasteiger partial charge in [0.2, 0.25) is 5.89 Å². The molecule has 2 aromatic carbocycles. The molecular formula is C31H43N3O4. The Morgan fingerprint density at radius 2 is 1.32 bits per heavy atom. The second kappa shape index (κ2) is 17.2. The molecule has 0 amide bonds. The lowest BCUT2D eigenvalue weighted by atomic mass is 10.1. The number of benzene rings is 2. The van der Waals surface area contributed by atoms with Crippen LogP contribution >= 0.6 is 0 Å². The fraction of sp³-hybridized carbons (Fsp3) is 0.516. The van der Waals surface area contributed by atoms with Gasteiger partial charge in [-0.1, -0.05) is 83.2 Å². The molecule has 3 aromatic rings. The molecule has 0 fully saturated rings. The first-order valence-electron chi connectivity index (χ1n) is 14.3. The first kappa shape index (κ1) is 29.2. The number of phenols is 1. The van der Waals surface area contributed by atoms with Gasteiger partial charge < -0.3 is 19.0 Å². The summed E-state index contributed by atoms with van der Waals surface area (Å²) in [5, 5.41) is 18.4. The molecule has 0 aliphatic carbocycles. The topological polar surface area (TPSA) is 90.0 Å². The smallest absolute Gasteiger partial charge is 0.342 e. The number of rotatable bonds is 19. The minimum atomic E-state index is 0.0853. The Morgan fingerprint density at radius 1 is 0.737 bits per heavy atom. The van der Waals surface area contributed by atoms with E-state index in [0.29, 0.717) is 23.8 Å². The van der Waals surface area contributed by atoms with Crippen LogP contribution < -0.4 is 9.47 Å². The summed E-state index contributed by atoms with van der Waals surface area (Å²) < 4.78 is 17.3. The van der Waals surface area contributed by atoms with Crippen molar-refractivity contribution in [1.29, 1.82) is 0 Å². The summed E-state index contributed by atoms with van der Waals surface area (Å²) in [5.41, 5.74) is 1.34. The van der Waals surface area contributed by atoms with Gasteiger partial charge in [-0.2, -0.15) is 0 Å². The lowest BCUT2D eigenvalue weighted by molar-refractivity contribution is 0.303. The van der Waals surface area contributed by atoms with Crippen molar-refractivity contribution >= 4 is 12.2 Å². The number of phenolic OH excluding ortho intramolecular Hbond substituents is 1. The minimum Gasteiger partial charge on any atom is -0.507 e. The van der Waals surface area contributed by atoms with Crippen LogP contribution in [0.2, 0.25) is 0 Å². The molecule has 1 N–H and O–H groups in total. The zero-order chi connectivity index (χ0) is 26.8. The summed E-state index contributed by atoms with van der Waals surface area (Å²) in [6, 6.07) is 12.9. The summed E-state index contributed by atoms with van der Waals surface area (Å²) in [6.45, 7) is 5.80. The predicted octanol–water partition coefficient (Wildman–Crippen LogP) is 8.67. The maximum Gasteiger partial charge on any atom is 0.342 e. The molecule has 0 radical (unpaired) electrons. The SMILES string of the molecule is CCCCCCCCCCOc1ccc(-c2nnc(/N=C/c3ccc(OCCCCCC)cc3O)o2)cc1. The number of unbranched alkanes of at least 4 members (excludes halogenated alkanes) is 10. The Balaban J connectivity index is 1.41. The normalized spacial score (nSPS) is 11.3. The van der Waals surface area contributed by atoms with E-state index in [0.717, 1.165) is 37.2 Å². The molecule has 0 atom stereocenters. The van der Waals surface area contributed by atoms with Crippen LogP contribution in [0.3, 0.4) is 0 Å². The molecule has 3 rings (SSSR count). The quantitative estimate of drug-likeness (QED) is 0.125. The molecule has 0 aliphatic rings. The Bertz CT molecular complexity index is 1080. The van der Waals surface area contributed by atoms with Crippen molar-refractivity contribution in [3.63, 3.8) is 0 Å². The third-order valence-corrected chi connectivity index (χ3v) is 6.36. The highest BCUT2D eigenvalue weighted by atomic mass is 16.5. The van der Waals surface area contributed by atoms with E-state index in [4.69, 9.17) is 13.9 Å². The van der Waals surface area contributed by atoms with Gasteiger partial charge in [-0.25, -0.2) is 4.99 Å². The molecule has 0 bridgehead atoms. The first-order valence-corrected chi connectivity index (χ1v) is 14.3. The molecule has 0 unspecified atom stereocenters.